The second-order valence-corrected chi connectivity index (χ2v) is 4.38. The van der Waals surface area contributed by atoms with Crippen LogP contribution in [0.25, 0.3) is 0 Å². The summed E-state index contributed by atoms with van der Waals surface area (Å²) in [4.78, 5) is 0. The van der Waals surface area contributed by atoms with Crippen molar-refractivity contribution in [2.75, 3.05) is 6.54 Å². The number of hydrogen-bond acceptors (Lipinski definition) is 3. The molecular formula is C14H20N4. The molecule has 1 aromatic heterocycles. The predicted molar refractivity (Wildman–Crippen MR) is 72.3 cm³/mol. The molecule has 1 heterocycles. The number of nitrogens with one attached hydrogen (secondary N) is 2. The molecule has 0 saturated carbocycles. The molecule has 96 valence electrons. The van der Waals surface area contributed by atoms with E-state index in [4.69, 9.17) is 0 Å². The van der Waals surface area contributed by atoms with Crippen molar-refractivity contribution in [3.8, 4) is 0 Å². The maximum Gasteiger partial charge on any atom is 0.104 e. The van der Waals surface area contributed by atoms with E-state index in [0.29, 0.717) is 0 Å². The van der Waals surface area contributed by atoms with Crippen LogP contribution in [0.4, 0.5) is 0 Å². The molecule has 0 amide bonds. The maximum absolute atomic E-state index is 4.19. The second-order valence-electron chi connectivity index (χ2n) is 4.38. The van der Waals surface area contributed by atoms with E-state index in [1.54, 1.807) is 6.20 Å². The monoisotopic (exact) mass is 244 g/mol. The summed E-state index contributed by atoms with van der Waals surface area (Å²) < 4.78 is 0. The number of aryl methyl sites for hydroxylation is 1. The van der Waals surface area contributed by atoms with Gasteiger partial charge in [0.15, 0.2) is 0 Å². The Morgan fingerprint density at radius 2 is 2.22 bits per heavy atom. The minimum Gasteiger partial charge on any atom is -0.305 e. The van der Waals surface area contributed by atoms with E-state index in [1.165, 1.54) is 17.5 Å². The summed E-state index contributed by atoms with van der Waals surface area (Å²) in [5.74, 6) is 0. The highest BCUT2D eigenvalue weighted by Crippen LogP contribution is 2.21. The SMILES string of the molecule is CCCc1cccc(C(NCC)c2cn[nH]n2)c1. The number of aromatic nitrogens is 3. The van der Waals surface area contributed by atoms with Crippen LogP contribution in [-0.2, 0) is 6.42 Å². The molecule has 0 fully saturated rings. The highest BCUT2D eigenvalue weighted by atomic mass is 15.3. The quantitative estimate of drug-likeness (QED) is 0.820. The normalized spacial score (nSPS) is 12.6. The first-order valence-electron chi connectivity index (χ1n) is 6.53. The van der Waals surface area contributed by atoms with Gasteiger partial charge in [-0.1, -0.05) is 44.5 Å². The molecule has 2 aromatic rings. The Labute approximate surface area is 108 Å². The number of aromatic amines is 1. The molecule has 4 heteroatoms. The predicted octanol–water partition coefficient (Wildman–Crippen LogP) is 2.46. The van der Waals surface area contributed by atoms with Crippen LogP contribution in [0.1, 0.15) is 43.1 Å². The molecule has 18 heavy (non-hydrogen) atoms. The van der Waals surface area contributed by atoms with Crippen molar-refractivity contribution in [1.82, 2.24) is 20.7 Å². The maximum atomic E-state index is 4.19. The molecule has 0 radical (unpaired) electrons. The van der Waals surface area contributed by atoms with Gasteiger partial charge in [-0.2, -0.15) is 15.4 Å². The first kappa shape index (κ1) is 12.8. The van der Waals surface area contributed by atoms with Crippen molar-refractivity contribution in [2.24, 2.45) is 0 Å². The van der Waals surface area contributed by atoms with E-state index >= 15 is 0 Å². The van der Waals surface area contributed by atoms with E-state index in [0.717, 1.165) is 18.7 Å². The first-order valence-corrected chi connectivity index (χ1v) is 6.53. The molecule has 0 bridgehead atoms. The molecule has 0 saturated heterocycles. The molecule has 2 rings (SSSR count). The van der Waals surface area contributed by atoms with Gasteiger partial charge in [0, 0.05) is 0 Å². The van der Waals surface area contributed by atoms with Crippen LogP contribution in [0.3, 0.4) is 0 Å². The largest absolute Gasteiger partial charge is 0.305 e. The highest BCUT2D eigenvalue weighted by molar-refractivity contribution is 5.30. The van der Waals surface area contributed by atoms with Crippen LogP contribution in [0.2, 0.25) is 0 Å². The molecule has 1 aromatic carbocycles. The van der Waals surface area contributed by atoms with Gasteiger partial charge in [-0.05, 0) is 24.1 Å². The second kappa shape index (κ2) is 6.31. The van der Waals surface area contributed by atoms with E-state index in [2.05, 4.69) is 58.8 Å². The summed E-state index contributed by atoms with van der Waals surface area (Å²) in [7, 11) is 0. The van der Waals surface area contributed by atoms with Gasteiger partial charge in [0.1, 0.15) is 5.69 Å². The average molecular weight is 244 g/mol. The molecule has 0 aliphatic heterocycles. The third-order valence-electron chi connectivity index (χ3n) is 2.96. The summed E-state index contributed by atoms with van der Waals surface area (Å²) >= 11 is 0. The Balaban J connectivity index is 2.27. The molecule has 2 N–H and O–H groups in total. The number of benzene rings is 1. The van der Waals surface area contributed by atoms with Gasteiger partial charge in [-0.15, -0.1) is 0 Å². The minimum atomic E-state index is 0.116. The van der Waals surface area contributed by atoms with Gasteiger partial charge in [-0.3, -0.25) is 0 Å². The van der Waals surface area contributed by atoms with Crippen molar-refractivity contribution >= 4 is 0 Å². The van der Waals surface area contributed by atoms with Crippen LogP contribution in [0.15, 0.2) is 30.5 Å². The van der Waals surface area contributed by atoms with Crippen molar-refractivity contribution < 1.29 is 0 Å². The smallest absolute Gasteiger partial charge is 0.104 e. The topological polar surface area (TPSA) is 53.6 Å². The third kappa shape index (κ3) is 2.96. The number of rotatable bonds is 6. The summed E-state index contributed by atoms with van der Waals surface area (Å²) in [5.41, 5.74) is 3.56. The van der Waals surface area contributed by atoms with Crippen molar-refractivity contribution in [1.29, 1.82) is 0 Å². The van der Waals surface area contributed by atoms with E-state index < -0.39 is 0 Å². The lowest BCUT2D eigenvalue weighted by Crippen LogP contribution is -2.22. The Morgan fingerprint density at radius 3 is 2.89 bits per heavy atom. The van der Waals surface area contributed by atoms with Gasteiger partial charge < -0.3 is 5.32 Å². The van der Waals surface area contributed by atoms with Gasteiger partial charge in [0.2, 0.25) is 0 Å². The molecule has 0 aliphatic rings. The lowest BCUT2D eigenvalue weighted by atomic mass is 10.00. The summed E-state index contributed by atoms with van der Waals surface area (Å²) in [6.45, 7) is 5.20. The summed E-state index contributed by atoms with van der Waals surface area (Å²) in [5, 5.41) is 14.2. The van der Waals surface area contributed by atoms with E-state index in [-0.39, 0.29) is 6.04 Å². The van der Waals surface area contributed by atoms with Crippen molar-refractivity contribution in [3.05, 3.63) is 47.3 Å². The lowest BCUT2D eigenvalue weighted by Gasteiger charge is -2.16. The van der Waals surface area contributed by atoms with Gasteiger partial charge in [-0.25, -0.2) is 0 Å². The summed E-state index contributed by atoms with van der Waals surface area (Å²) in [6, 6.07) is 8.81. The molecule has 4 nitrogen and oxygen atoms in total. The zero-order valence-corrected chi connectivity index (χ0v) is 11.0. The number of H-pyrrole nitrogens is 1. The Morgan fingerprint density at radius 1 is 1.33 bits per heavy atom. The average Bonchev–Trinajstić information content (AvgIpc) is 2.90. The fourth-order valence-corrected chi connectivity index (χ4v) is 2.16. The lowest BCUT2D eigenvalue weighted by molar-refractivity contribution is 0.612. The van der Waals surface area contributed by atoms with Crippen LogP contribution in [-0.4, -0.2) is 22.0 Å². The van der Waals surface area contributed by atoms with Crippen molar-refractivity contribution in [3.63, 3.8) is 0 Å². The Hall–Kier alpha value is -1.68. The van der Waals surface area contributed by atoms with Gasteiger partial charge >= 0.3 is 0 Å². The van der Waals surface area contributed by atoms with Crippen molar-refractivity contribution in [2.45, 2.75) is 32.7 Å². The van der Waals surface area contributed by atoms with E-state index in [9.17, 15) is 0 Å². The molecule has 1 unspecified atom stereocenters. The number of hydrogen-bond donors (Lipinski definition) is 2. The highest BCUT2D eigenvalue weighted by Gasteiger charge is 2.15. The molecule has 0 spiro atoms. The standard InChI is InChI=1S/C14H20N4/c1-3-6-11-7-5-8-12(9-11)14(15-4-2)13-10-16-18-17-13/h5,7-10,14-15H,3-4,6H2,1-2H3,(H,16,17,18). The Bertz CT molecular complexity index is 464. The zero-order valence-electron chi connectivity index (χ0n) is 11.0. The minimum absolute atomic E-state index is 0.116. The number of nitrogens with zero attached hydrogens (tertiary/aromatic N) is 2. The molecule has 1 atom stereocenters. The molecular weight excluding hydrogens is 224 g/mol. The third-order valence-corrected chi connectivity index (χ3v) is 2.96. The zero-order chi connectivity index (χ0) is 12.8. The Kier molecular flexibility index (Phi) is 4.47. The fraction of sp³-hybridized carbons (Fsp3) is 0.429. The van der Waals surface area contributed by atoms with Crippen LogP contribution >= 0.6 is 0 Å². The van der Waals surface area contributed by atoms with Gasteiger partial charge in [0.25, 0.3) is 0 Å². The fourth-order valence-electron chi connectivity index (χ4n) is 2.16. The van der Waals surface area contributed by atoms with Crippen LogP contribution in [0.5, 0.6) is 0 Å². The first-order chi connectivity index (χ1) is 8.85. The van der Waals surface area contributed by atoms with Crippen LogP contribution < -0.4 is 5.32 Å². The van der Waals surface area contributed by atoms with Gasteiger partial charge in [0.05, 0.1) is 12.2 Å². The van der Waals surface area contributed by atoms with Crippen LogP contribution in [0, 0.1) is 0 Å². The van der Waals surface area contributed by atoms with E-state index in [1.807, 2.05) is 0 Å². The summed E-state index contributed by atoms with van der Waals surface area (Å²) in [6.07, 6.45) is 4.06. The molecule has 0 aliphatic carbocycles.